The van der Waals surface area contributed by atoms with E-state index in [2.05, 4.69) is 28.5 Å². The zero-order valence-corrected chi connectivity index (χ0v) is 9.92. The van der Waals surface area contributed by atoms with Crippen molar-refractivity contribution in [2.24, 2.45) is 5.73 Å². The summed E-state index contributed by atoms with van der Waals surface area (Å²) < 4.78 is 0. The van der Waals surface area contributed by atoms with Crippen LogP contribution in [-0.2, 0) is 13.0 Å². The van der Waals surface area contributed by atoms with Crippen molar-refractivity contribution >= 4 is 22.2 Å². The summed E-state index contributed by atoms with van der Waals surface area (Å²) in [6, 6.07) is 8.19. The lowest BCUT2D eigenvalue weighted by atomic mass is 10.1. The van der Waals surface area contributed by atoms with Crippen molar-refractivity contribution in [3.05, 3.63) is 34.8 Å². The highest BCUT2D eigenvalue weighted by atomic mass is 32.1. The standard InChI is InChI=1S/C11H14N4S/c1-2-8-5-3-4-6-9(8)13-11-15-14-10(7-12)16-11/h3-6H,2,7,12H2,1H3,(H,13,15). The van der Waals surface area contributed by atoms with Gasteiger partial charge in [-0.15, -0.1) is 10.2 Å². The third kappa shape index (κ3) is 2.37. The minimum Gasteiger partial charge on any atom is -0.330 e. The molecule has 5 heteroatoms. The van der Waals surface area contributed by atoms with Gasteiger partial charge in [0.1, 0.15) is 5.01 Å². The highest BCUT2D eigenvalue weighted by Crippen LogP contribution is 2.23. The van der Waals surface area contributed by atoms with E-state index in [-0.39, 0.29) is 0 Å². The molecule has 0 spiro atoms. The van der Waals surface area contributed by atoms with Crippen LogP contribution in [0.25, 0.3) is 0 Å². The van der Waals surface area contributed by atoms with Crippen molar-refractivity contribution in [1.29, 1.82) is 0 Å². The monoisotopic (exact) mass is 234 g/mol. The number of para-hydroxylation sites is 1. The molecule has 0 bridgehead atoms. The van der Waals surface area contributed by atoms with Gasteiger partial charge < -0.3 is 11.1 Å². The van der Waals surface area contributed by atoms with Crippen LogP contribution in [-0.4, -0.2) is 10.2 Å². The smallest absolute Gasteiger partial charge is 0.210 e. The van der Waals surface area contributed by atoms with Gasteiger partial charge in [0.15, 0.2) is 0 Å². The predicted molar refractivity (Wildman–Crippen MR) is 66.9 cm³/mol. The molecule has 2 rings (SSSR count). The molecule has 16 heavy (non-hydrogen) atoms. The predicted octanol–water partition coefficient (Wildman–Crippen LogP) is 2.30. The zero-order chi connectivity index (χ0) is 11.4. The molecule has 0 atom stereocenters. The lowest BCUT2D eigenvalue weighted by Gasteiger charge is -2.06. The molecule has 0 fully saturated rings. The number of nitrogens with zero attached hydrogens (tertiary/aromatic N) is 2. The first-order chi connectivity index (χ1) is 7.83. The van der Waals surface area contributed by atoms with Gasteiger partial charge in [0.05, 0.1) is 0 Å². The van der Waals surface area contributed by atoms with Crippen molar-refractivity contribution in [2.45, 2.75) is 19.9 Å². The van der Waals surface area contributed by atoms with Crippen LogP contribution in [0.2, 0.25) is 0 Å². The summed E-state index contributed by atoms with van der Waals surface area (Å²) in [7, 11) is 0. The average molecular weight is 234 g/mol. The Morgan fingerprint density at radius 3 is 2.81 bits per heavy atom. The molecule has 4 nitrogen and oxygen atoms in total. The summed E-state index contributed by atoms with van der Waals surface area (Å²) in [6.07, 6.45) is 0.992. The second-order valence-electron chi connectivity index (χ2n) is 3.34. The fourth-order valence-corrected chi connectivity index (χ4v) is 2.08. The van der Waals surface area contributed by atoms with Crippen molar-refractivity contribution in [3.63, 3.8) is 0 Å². The molecule has 0 saturated carbocycles. The van der Waals surface area contributed by atoms with Crippen LogP contribution in [0.5, 0.6) is 0 Å². The minimum absolute atomic E-state index is 0.439. The van der Waals surface area contributed by atoms with Crippen LogP contribution < -0.4 is 11.1 Å². The number of hydrogen-bond acceptors (Lipinski definition) is 5. The molecule has 3 N–H and O–H groups in total. The molecule has 0 aliphatic heterocycles. The second-order valence-corrected chi connectivity index (χ2v) is 4.40. The van der Waals surface area contributed by atoms with E-state index in [4.69, 9.17) is 5.73 Å². The normalized spacial score (nSPS) is 10.4. The quantitative estimate of drug-likeness (QED) is 0.852. The van der Waals surface area contributed by atoms with Gasteiger partial charge in [0.2, 0.25) is 5.13 Å². The maximum atomic E-state index is 5.49. The van der Waals surface area contributed by atoms with Gasteiger partial charge in [-0.25, -0.2) is 0 Å². The number of anilines is 2. The molecule has 1 heterocycles. The van der Waals surface area contributed by atoms with Crippen molar-refractivity contribution in [3.8, 4) is 0 Å². The fraction of sp³-hybridized carbons (Fsp3) is 0.273. The van der Waals surface area contributed by atoms with Crippen LogP contribution in [0.1, 0.15) is 17.5 Å². The van der Waals surface area contributed by atoms with Gasteiger partial charge in [0, 0.05) is 12.2 Å². The van der Waals surface area contributed by atoms with E-state index in [0.717, 1.165) is 22.2 Å². The Balaban J connectivity index is 2.19. The first-order valence-corrected chi connectivity index (χ1v) is 6.02. The first-order valence-electron chi connectivity index (χ1n) is 5.21. The summed E-state index contributed by atoms with van der Waals surface area (Å²) in [6.45, 7) is 2.57. The Kier molecular flexibility index (Phi) is 3.48. The molecule has 0 saturated heterocycles. The topological polar surface area (TPSA) is 63.8 Å². The molecular formula is C11H14N4S. The minimum atomic E-state index is 0.439. The van der Waals surface area contributed by atoms with E-state index >= 15 is 0 Å². The van der Waals surface area contributed by atoms with Gasteiger partial charge in [0.25, 0.3) is 0 Å². The third-order valence-electron chi connectivity index (χ3n) is 2.28. The van der Waals surface area contributed by atoms with Gasteiger partial charge in [-0.3, -0.25) is 0 Å². The average Bonchev–Trinajstić information content (AvgIpc) is 2.77. The maximum Gasteiger partial charge on any atom is 0.210 e. The fourth-order valence-electron chi connectivity index (χ4n) is 1.45. The summed E-state index contributed by atoms with van der Waals surface area (Å²) in [5.74, 6) is 0. The first kappa shape index (κ1) is 11.0. The molecule has 84 valence electrons. The van der Waals surface area contributed by atoms with Gasteiger partial charge in [-0.05, 0) is 18.1 Å². The summed E-state index contributed by atoms with van der Waals surface area (Å²) >= 11 is 1.49. The molecule has 0 aliphatic carbocycles. The van der Waals surface area contributed by atoms with Crippen LogP contribution in [0.15, 0.2) is 24.3 Å². The van der Waals surface area contributed by atoms with Crippen molar-refractivity contribution in [2.75, 3.05) is 5.32 Å². The van der Waals surface area contributed by atoms with E-state index in [1.807, 2.05) is 18.2 Å². The molecule has 0 amide bonds. The van der Waals surface area contributed by atoms with Crippen LogP contribution >= 0.6 is 11.3 Å². The Hall–Kier alpha value is -1.46. The third-order valence-corrected chi connectivity index (χ3v) is 3.14. The largest absolute Gasteiger partial charge is 0.330 e. The lowest BCUT2D eigenvalue weighted by Crippen LogP contribution is -1.94. The highest BCUT2D eigenvalue weighted by molar-refractivity contribution is 7.15. The van der Waals surface area contributed by atoms with Gasteiger partial charge in [-0.2, -0.15) is 0 Å². The lowest BCUT2D eigenvalue weighted by molar-refractivity contribution is 0.959. The van der Waals surface area contributed by atoms with Crippen LogP contribution in [0.3, 0.4) is 0 Å². The van der Waals surface area contributed by atoms with Gasteiger partial charge in [-0.1, -0.05) is 36.5 Å². The molecule has 0 aliphatic rings. The molecule has 2 aromatic rings. The van der Waals surface area contributed by atoms with E-state index in [1.54, 1.807) is 0 Å². The highest BCUT2D eigenvalue weighted by Gasteiger charge is 2.04. The molecule has 0 unspecified atom stereocenters. The van der Waals surface area contributed by atoms with Gasteiger partial charge >= 0.3 is 0 Å². The Morgan fingerprint density at radius 1 is 1.31 bits per heavy atom. The Bertz CT molecular complexity index is 467. The Labute approximate surface area is 98.5 Å². The maximum absolute atomic E-state index is 5.49. The van der Waals surface area contributed by atoms with Crippen LogP contribution in [0, 0.1) is 0 Å². The molecular weight excluding hydrogens is 220 g/mol. The number of nitrogens with one attached hydrogen (secondary N) is 1. The summed E-state index contributed by atoms with van der Waals surface area (Å²) in [5.41, 5.74) is 7.85. The van der Waals surface area contributed by atoms with E-state index in [1.165, 1.54) is 16.9 Å². The number of benzene rings is 1. The molecule has 1 aromatic carbocycles. The number of nitrogens with two attached hydrogens (primary N) is 1. The number of hydrogen-bond donors (Lipinski definition) is 2. The molecule has 1 aromatic heterocycles. The zero-order valence-electron chi connectivity index (χ0n) is 9.10. The Morgan fingerprint density at radius 2 is 2.12 bits per heavy atom. The number of rotatable bonds is 4. The SMILES string of the molecule is CCc1ccccc1Nc1nnc(CN)s1. The summed E-state index contributed by atoms with van der Waals surface area (Å²) in [4.78, 5) is 0. The van der Waals surface area contributed by atoms with Crippen LogP contribution in [0.4, 0.5) is 10.8 Å². The van der Waals surface area contributed by atoms with E-state index in [9.17, 15) is 0 Å². The molecule has 0 radical (unpaired) electrons. The number of aryl methyl sites for hydroxylation is 1. The van der Waals surface area contributed by atoms with Crippen molar-refractivity contribution in [1.82, 2.24) is 10.2 Å². The van der Waals surface area contributed by atoms with Crippen molar-refractivity contribution < 1.29 is 0 Å². The van der Waals surface area contributed by atoms with E-state index in [0.29, 0.717) is 6.54 Å². The second kappa shape index (κ2) is 5.05. The van der Waals surface area contributed by atoms with E-state index < -0.39 is 0 Å². The number of aromatic nitrogens is 2. The summed E-state index contributed by atoms with van der Waals surface area (Å²) in [5, 5.41) is 12.9.